The topological polar surface area (TPSA) is 128 Å². The maximum absolute atomic E-state index is 13.1. The van der Waals surface area contributed by atoms with Crippen LogP contribution in [0, 0.1) is 5.82 Å². The molecule has 8 nitrogen and oxygen atoms in total. The van der Waals surface area contributed by atoms with E-state index in [1.165, 1.54) is 12.1 Å². The van der Waals surface area contributed by atoms with E-state index < -0.39 is 42.2 Å². The molecule has 9 heteroatoms. The first kappa shape index (κ1) is 25.5. The van der Waals surface area contributed by atoms with Gasteiger partial charge in [0.2, 0.25) is 5.91 Å². The Morgan fingerprint density at radius 2 is 1.64 bits per heavy atom. The van der Waals surface area contributed by atoms with Gasteiger partial charge in [0.15, 0.2) is 6.61 Å². The third kappa shape index (κ3) is 9.51. The molecular weight excluding hydrogens is 429 g/mol. The van der Waals surface area contributed by atoms with Crippen LogP contribution in [0.5, 0.6) is 0 Å². The molecule has 0 radical (unpaired) electrons. The molecule has 2 unspecified atom stereocenters. The Balaban J connectivity index is 1.84. The molecule has 2 aromatic carbocycles. The molecule has 2 rings (SSSR count). The lowest BCUT2D eigenvalue weighted by atomic mass is 10.1. The maximum Gasteiger partial charge on any atom is 0.329 e. The SMILES string of the molecule is CC(CCc1ccccc1)NC(=O)COC(=O)C(CCC(N)=O)NC(=O)c1ccc(F)cc1. The summed E-state index contributed by atoms with van der Waals surface area (Å²) in [4.78, 5) is 48.1. The molecule has 0 fully saturated rings. The first-order chi connectivity index (χ1) is 15.7. The summed E-state index contributed by atoms with van der Waals surface area (Å²) in [7, 11) is 0. The molecule has 0 spiro atoms. The monoisotopic (exact) mass is 457 g/mol. The highest BCUT2D eigenvalue weighted by molar-refractivity contribution is 5.97. The first-order valence-corrected chi connectivity index (χ1v) is 10.6. The van der Waals surface area contributed by atoms with Crippen molar-refractivity contribution in [3.05, 3.63) is 71.5 Å². The Hall–Kier alpha value is -3.75. The molecule has 0 bridgehead atoms. The van der Waals surface area contributed by atoms with Crippen LogP contribution in [-0.2, 0) is 25.5 Å². The standard InChI is InChI=1S/C24H28FN3O5/c1-16(7-8-17-5-3-2-4-6-17)27-22(30)15-33-24(32)20(13-14-21(26)29)28-23(31)18-9-11-19(25)12-10-18/h2-6,9-12,16,20H,7-8,13-15H2,1H3,(H2,26,29)(H,27,30)(H,28,31). The number of benzene rings is 2. The number of aryl methyl sites for hydroxylation is 1. The van der Waals surface area contributed by atoms with E-state index in [-0.39, 0.29) is 24.4 Å². The zero-order valence-corrected chi connectivity index (χ0v) is 18.4. The second-order valence-electron chi connectivity index (χ2n) is 7.64. The van der Waals surface area contributed by atoms with Crippen molar-refractivity contribution in [3.63, 3.8) is 0 Å². The lowest BCUT2D eigenvalue weighted by Gasteiger charge is -2.18. The van der Waals surface area contributed by atoms with Gasteiger partial charge in [-0.15, -0.1) is 0 Å². The van der Waals surface area contributed by atoms with E-state index in [1.807, 2.05) is 37.3 Å². The van der Waals surface area contributed by atoms with Crippen molar-refractivity contribution < 1.29 is 28.3 Å². The number of carbonyl (C=O) groups excluding carboxylic acids is 4. The number of nitrogens with one attached hydrogen (secondary N) is 2. The molecule has 0 aliphatic rings. The molecule has 33 heavy (non-hydrogen) atoms. The highest BCUT2D eigenvalue weighted by atomic mass is 19.1. The number of esters is 1. The second kappa shape index (κ2) is 12.9. The van der Waals surface area contributed by atoms with Gasteiger partial charge in [-0.3, -0.25) is 14.4 Å². The summed E-state index contributed by atoms with van der Waals surface area (Å²) >= 11 is 0. The molecule has 176 valence electrons. The van der Waals surface area contributed by atoms with E-state index in [0.717, 1.165) is 24.1 Å². The molecule has 0 heterocycles. The molecule has 0 aliphatic carbocycles. The van der Waals surface area contributed by atoms with Gasteiger partial charge in [-0.05, 0) is 56.0 Å². The van der Waals surface area contributed by atoms with Crippen LogP contribution in [-0.4, -0.2) is 42.4 Å². The van der Waals surface area contributed by atoms with Gasteiger partial charge in [0.25, 0.3) is 11.8 Å². The number of rotatable bonds is 12. The molecule has 2 aromatic rings. The lowest BCUT2D eigenvalue weighted by Crippen LogP contribution is -2.44. The zero-order valence-electron chi connectivity index (χ0n) is 18.4. The fourth-order valence-corrected chi connectivity index (χ4v) is 3.03. The van der Waals surface area contributed by atoms with Crippen LogP contribution >= 0.6 is 0 Å². The molecule has 0 saturated heterocycles. The summed E-state index contributed by atoms with van der Waals surface area (Å²) < 4.78 is 18.1. The number of hydrogen-bond donors (Lipinski definition) is 3. The largest absolute Gasteiger partial charge is 0.454 e. The summed E-state index contributed by atoms with van der Waals surface area (Å²) in [6.45, 7) is 1.31. The van der Waals surface area contributed by atoms with Crippen molar-refractivity contribution >= 4 is 23.7 Å². The number of amides is 3. The van der Waals surface area contributed by atoms with Gasteiger partial charge in [-0.2, -0.15) is 0 Å². The highest BCUT2D eigenvalue weighted by Gasteiger charge is 2.24. The van der Waals surface area contributed by atoms with Crippen LogP contribution in [0.2, 0.25) is 0 Å². The third-order valence-corrected chi connectivity index (χ3v) is 4.84. The lowest BCUT2D eigenvalue weighted by molar-refractivity contribution is -0.150. The summed E-state index contributed by atoms with van der Waals surface area (Å²) in [6.07, 6.45) is 1.22. The summed E-state index contributed by atoms with van der Waals surface area (Å²) in [6, 6.07) is 13.2. The third-order valence-electron chi connectivity index (χ3n) is 4.84. The van der Waals surface area contributed by atoms with Crippen LogP contribution in [0.4, 0.5) is 4.39 Å². The average molecular weight is 458 g/mol. The minimum absolute atomic E-state index is 0.101. The molecular formula is C24H28FN3O5. The molecule has 4 N–H and O–H groups in total. The number of carbonyl (C=O) groups is 4. The Morgan fingerprint density at radius 1 is 0.970 bits per heavy atom. The summed E-state index contributed by atoms with van der Waals surface area (Å²) in [5, 5.41) is 5.19. The predicted octanol–water partition coefficient (Wildman–Crippen LogP) is 1.87. The quantitative estimate of drug-likeness (QED) is 0.419. The van der Waals surface area contributed by atoms with Gasteiger partial charge in [0, 0.05) is 18.0 Å². The number of ether oxygens (including phenoxy) is 1. The van der Waals surface area contributed by atoms with E-state index in [0.29, 0.717) is 6.42 Å². The summed E-state index contributed by atoms with van der Waals surface area (Å²) in [5.74, 6) is -3.18. The van der Waals surface area contributed by atoms with Gasteiger partial charge in [-0.25, -0.2) is 9.18 Å². The van der Waals surface area contributed by atoms with E-state index in [1.54, 1.807) is 0 Å². The minimum atomic E-state index is -1.20. The maximum atomic E-state index is 13.1. The van der Waals surface area contributed by atoms with Gasteiger partial charge < -0.3 is 21.1 Å². The molecule has 0 aliphatic heterocycles. The average Bonchev–Trinajstić information content (AvgIpc) is 2.79. The van der Waals surface area contributed by atoms with E-state index in [9.17, 15) is 23.6 Å². The molecule has 0 aromatic heterocycles. The van der Waals surface area contributed by atoms with E-state index >= 15 is 0 Å². The highest BCUT2D eigenvalue weighted by Crippen LogP contribution is 2.07. The Kier molecular flexibility index (Phi) is 10.0. The van der Waals surface area contributed by atoms with Crippen molar-refractivity contribution in [1.82, 2.24) is 10.6 Å². The van der Waals surface area contributed by atoms with Crippen LogP contribution < -0.4 is 16.4 Å². The van der Waals surface area contributed by atoms with E-state index in [2.05, 4.69) is 10.6 Å². The van der Waals surface area contributed by atoms with Gasteiger partial charge in [0.1, 0.15) is 11.9 Å². The van der Waals surface area contributed by atoms with Gasteiger partial charge >= 0.3 is 5.97 Å². The van der Waals surface area contributed by atoms with Crippen molar-refractivity contribution in [1.29, 1.82) is 0 Å². The Morgan fingerprint density at radius 3 is 2.27 bits per heavy atom. The summed E-state index contributed by atoms with van der Waals surface area (Å²) in [5.41, 5.74) is 6.41. The first-order valence-electron chi connectivity index (χ1n) is 10.6. The van der Waals surface area contributed by atoms with Crippen LogP contribution in [0.1, 0.15) is 42.1 Å². The van der Waals surface area contributed by atoms with Crippen molar-refractivity contribution in [2.75, 3.05) is 6.61 Å². The normalized spacial score (nSPS) is 12.3. The Labute approximate surface area is 191 Å². The smallest absolute Gasteiger partial charge is 0.329 e. The number of primary amides is 1. The minimum Gasteiger partial charge on any atom is -0.454 e. The molecule has 0 saturated carbocycles. The van der Waals surface area contributed by atoms with Gasteiger partial charge in [-0.1, -0.05) is 30.3 Å². The predicted molar refractivity (Wildman–Crippen MR) is 119 cm³/mol. The van der Waals surface area contributed by atoms with Gasteiger partial charge in [0.05, 0.1) is 0 Å². The fourth-order valence-electron chi connectivity index (χ4n) is 3.03. The zero-order chi connectivity index (χ0) is 24.2. The van der Waals surface area contributed by atoms with Crippen LogP contribution in [0.25, 0.3) is 0 Å². The molecule has 3 amide bonds. The van der Waals surface area contributed by atoms with E-state index in [4.69, 9.17) is 10.5 Å². The molecule has 2 atom stereocenters. The Bertz CT molecular complexity index is 950. The van der Waals surface area contributed by atoms with Crippen molar-refractivity contribution in [2.24, 2.45) is 5.73 Å². The van der Waals surface area contributed by atoms with Crippen LogP contribution in [0.3, 0.4) is 0 Å². The van der Waals surface area contributed by atoms with Crippen molar-refractivity contribution in [2.45, 2.75) is 44.7 Å². The van der Waals surface area contributed by atoms with Crippen molar-refractivity contribution in [3.8, 4) is 0 Å². The second-order valence-corrected chi connectivity index (χ2v) is 7.64. The van der Waals surface area contributed by atoms with Crippen LogP contribution in [0.15, 0.2) is 54.6 Å². The fraction of sp³-hybridized carbons (Fsp3) is 0.333. The number of hydrogen-bond acceptors (Lipinski definition) is 5. The number of halogens is 1. The number of nitrogens with two attached hydrogens (primary N) is 1.